The minimum atomic E-state index is 0.126. The summed E-state index contributed by atoms with van der Waals surface area (Å²) in [6.45, 7) is 11.5. The third-order valence-corrected chi connectivity index (χ3v) is 3.56. The van der Waals surface area contributed by atoms with E-state index in [9.17, 15) is 4.79 Å². The van der Waals surface area contributed by atoms with Gasteiger partial charge in [0.15, 0.2) is 0 Å². The maximum atomic E-state index is 11.9. The van der Waals surface area contributed by atoms with Gasteiger partial charge in [-0.1, -0.05) is 13.8 Å². The molecule has 18 heavy (non-hydrogen) atoms. The fourth-order valence-electron chi connectivity index (χ4n) is 2.17. The van der Waals surface area contributed by atoms with E-state index in [0.717, 1.165) is 38.5 Å². The van der Waals surface area contributed by atoms with Gasteiger partial charge in [-0.05, 0) is 32.2 Å². The van der Waals surface area contributed by atoms with E-state index in [4.69, 9.17) is 5.73 Å². The Morgan fingerprint density at radius 3 is 2.22 bits per heavy atom. The topological polar surface area (TPSA) is 49.6 Å². The second kappa shape index (κ2) is 7.74. The van der Waals surface area contributed by atoms with E-state index in [1.54, 1.807) is 0 Å². The Kier molecular flexibility index (Phi) is 6.65. The summed E-state index contributed by atoms with van der Waals surface area (Å²) in [5.41, 5.74) is 5.68. The molecule has 1 saturated heterocycles. The normalized spacial score (nSPS) is 19.3. The van der Waals surface area contributed by atoms with Gasteiger partial charge in [-0.3, -0.25) is 9.69 Å². The minimum absolute atomic E-state index is 0.126. The van der Waals surface area contributed by atoms with E-state index in [-0.39, 0.29) is 11.9 Å². The van der Waals surface area contributed by atoms with Gasteiger partial charge in [0.1, 0.15) is 0 Å². The number of carbonyl (C=O) groups is 1. The maximum absolute atomic E-state index is 11.9. The first kappa shape index (κ1) is 15.4. The molecule has 4 nitrogen and oxygen atoms in total. The zero-order chi connectivity index (χ0) is 13.5. The smallest absolute Gasteiger partial charge is 0.222 e. The SMILES string of the molecule is CC(C)CCN1CCN(C(=O)CCC(C)N)CC1. The van der Waals surface area contributed by atoms with Crippen molar-refractivity contribution in [1.82, 2.24) is 9.80 Å². The Hall–Kier alpha value is -0.610. The molecule has 4 heteroatoms. The van der Waals surface area contributed by atoms with Crippen molar-refractivity contribution >= 4 is 5.91 Å². The maximum Gasteiger partial charge on any atom is 0.222 e. The summed E-state index contributed by atoms with van der Waals surface area (Å²) in [5, 5.41) is 0. The molecule has 1 unspecified atom stereocenters. The van der Waals surface area contributed by atoms with Crippen LogP contribution in [-0.4, -0.2) is 54.5 Å². The predicted octanol–water partition coefficient (Wildman–Crippen LogP) is 1.30. The monoisotopic (exact) mass is 255 g/mol. The highest BCUT2D eigenvalue weighted by Gasteiger charge is 2.20. The van der Waals surface area contributed by atoms with Gasteiger partial charge in [0.25, 0.3) is 0 Å². The summed E-state index contributed by atoms with van der Waals surface area (Å²) >= 11 is 0. The number of nitrogens with two attached hydrogens (primary N) is 1. The Morgan fingerprint density at radius 2 is 1.72 bits per heavy atom. The summed E-state index contributed by atoms with van der Waals surface area (Å²) < 4.78 is 0. The van der Waals surface area contributed by atoms with Gasteiger partial charge in [0, 0.05) is 38.6 Å². The van der Waals surface area contributed by atoms with Gasteiger partial charge < -0.3 is 10.6 Å². The summed E-state index contributed by atoms with van der Waals surface area (Å²) in [7, 11) is 0. The Labute approximate surface area is 111 Å². The average molecular weight is 255 g/mol. The van der Waals surface area contributed by atoms with Crippen LogP contribution in [0.1, 0.15) is 40.0 Å². The molecule has 0 spiro atoms. The largest absolute Gasteiger partial charge is 0.340 e. The van der Waals surface area contributed by atoms with Crippen molar-refractivity contribution in [2.45, 2.75) is 46.1 Å². The molecule has 1 rings (SSSR count). The van der Waals surface area contributed by atoms with Crippen molar-refractivity contribution in [3.63, 3.8) is 0 Å². The molecule has 0 bridgehead atoms. The fourth-order valence-corrected chi connectivity index (χ4v) is 2.17. The highest BCUT2D eigenvalue weighted by atomic mass is 16.2. The van der Waals surface area contributed by atoms with E-state index >= 15 is 0 Å². The Bertz CT molecular complexity index is 245. The van der Waals surface area contributed by atoms with Crippen LogP contribution < -0.4 is 5.73 Å². The lowest BCUT2D eigenvalue weighted by Gasteiger charge is -2.35. The van der Waals surface area contributed by atoms with Crippen LogP contribution in [0.4, 0.5) is 0 Å². The number of nitrogens with zero attached hydrogens (tertiary/aromatic N) is 2. The number of hydrogen-bond donors (Lipinski definition) is 1. The molecule has 0 aromatic rings. The predicted molar refractivity (Wildman–Crippen MR) is 75.4 cm³/mol. The Morgan fingerprint density at radius 1 is 1.11 bits per heavy atom. The van der Waals surface area contributed by atoms with Crippen LogP contribution in [0, 0.1) is 5.92 Å². The second-order valence-corrected chi connectivity index (χ2v) is 5.92. The van der Waals surface area contributed by atoms with Crippen molar-refractivity contribution < 1.29 is 4.79 Å². The standard InChI is InChI=1S/C14H29N3O/c1-12(2)6-7-16-8-10-17(11-9-16)14(18)5-4-13(3)15/h12-13H,4-11,15H2,1-3H3. The van der Waals surface area contributed by atoms with Crippen molar-refractivity contribution in [1.29, 1.82) is 0 Å². The molecule has 0 radical (unpaired) electrons. The van der Waals surface area contributed by atoms with Crippen LogP contribution in [0.2, 0.25) is 0 Å². The number of rotatable bonds is 6. The first-order valence-corrected chi connectivity index (χ1v) is 7.24. The minimum Gasteiger partial charge on any atom is -0.340 e. The fraction of sp³-hybridized carbons (Fsp3) is 0.929. The molecule has 1 atom stereocenters. The van der Waals surface area contributed by atoms with Crippen LogP contribution >= 0.6 is 0 Å². The molecule has 0 aromatic heterocycles. The van der Waals surface area contributed by atoms with Crippen LogP contribution in [0.5, 0.6) is 0 Å². The highest BCUT2D eigenvalue weighted by molar-refractivity contribution is 5.76. The second-order valence-electron chi connectivity index (χ2n) is 5.92. The lowest BCUT2D eigenvalue weighted by molar-refractivity contribution is -0.133. The van der Waals surface area contributed by atoms with Gasteiger partial charge in [-0.15, -0.1) is 0 Å². The van der Waals surface area contributed by atoms with E-state index in [1.807, 2.05) is 11.8 Å². The molecule has 0 aliphatic carbocycles. The number of piperazine rings is 1. The quantitative estimate of drug-likeness (QED) is 0.778. The number of amides is 1. The van der Waals surface area contributed by atoms with Crippen molar-refractivity contribution in [2.24, 2.45) is 11.7 Å². The molecule has 1 fully saturated rings. The third kappa shape index (κ3) is 5.83. The highest BCUT2D eigenvalue weighted by Crippen LogP contribution is 2.08. The number of carbonyl (C=O) groups excluding carboxylic acids is 1. The first-order valence-electron chi connectivity index (χ1n) is 7.24. The lowest BCUT2D eigenvalue weighted by atomic mass is 10.1. The lowest BCUT2D eigenvalue weighted by Crippen LogP contribution is -2.49. The molecular formula is C14H29N3O. The van der Waals surface area contributed by atoms with Gasteiger partial charge >= 0.3 is 0 Å². The van der Waals surface area contributed by atoms with E-state index in [0.29, 0.717) is 6.42 Å². The zero-order valence-electron chi connectivity index (χ0n) is 12.2. The van der Waals surface area contributed by atoms with Crippen LogP contribution in [0.15, 0.2) is 0 Å². The summed E-state index contributed by atoms with van der Waals surface area (Å²) in [5.74, 6) is 1.03. The summed E-state index contributed by atoms with van der Waals surface area (Å²) in [6.07, 6.45) is 2.65. The number of hydrogen-bond acceptors (Lipinski definition) is 3. The molecule has 1 heterocycles. The van der Waals surface area contributed by atoms with Crippen molar-refractivity contribution in [2.75, 3.05) is 32.7 Å². The molecule has 106 valence electrons. The summed E-state index contributed by atoms with van der Waals surface area (Å²) in [4.78, 5) is 16.4. The molecule has 2 N–H and O–H groups in total. The van der Waals surface area contributed by atoms with E-state index in [1.165, 1.54) is 13.0 Å². The van der Waals surface area contributed by atoms with Crippen molar-refractivity contribution in [3.8, 4) is 0 Å². The van der Waals surface area contributed by atoms with Gasteiger partial charge in [-0.25, -0.2) is 0 Å². The molecular weight excluding hydrogens is 226 g/mol. The van der Waals surface area contributed by atoms with Crippen LogP contribution in [0.3, 0.4) is 0 Å². The van der Waals surface area contributed by atoms with Gasteiger partial charge in [-0.2, -0.15) is 0 Å². The van der Waals surface area contributed by atoms with E-state index in [2.05, 4.69) is 18.7 Å². The molecule has 1 aliphatic heterocycles. The summed E-state index contributed by atoms with van der Waals surface area (Å²) in [6, 6.07) is 0.126. The van der Waals surface area contributed by atoms with E-state index < -0.39 is 0 Å². The van der Waals surface area contributed by atoms with Gasteiger partial charge in [0.05, 0.1) is 0 Å². The molecule has 0 aromatic carbocycles. The van der Waals surface area contributed by atoms with Crippen LogP contribution in [0.25, 0.3) is 0 Å². The average Bonchev–Trinajstić information content (AvgIpc) is 2.34. The molecule has 0 saturated carbocycles. The molecule has 1 aliphatic rings. The molecule has 1 amide bonds. The third-order valence-electron chi connectivity index (χ3n) is 3.56. The first-order chi connectivity index (χ1) is 8.49. The zero-order valence-corrected chi connectivity index (χ0v) is 12.2. The van der Waals surface area contributed by atoms with Crippen molar-refractivity contribution in [3.05, 3.63) is 0 Å². The van der Waals surface area contributed by atoms with Crippen LogP contribution in [-0.2, 0) is 4.79 Å². The van der Waals surface area contributed by atoms with Gasteiger partial charge in [0.2, 0.25) is 5.91 Å². The Balaban J connectivity index is 2.20.